The molecule has 1 aromatic carbocycles. The highest BCUT2D eigenvalue weighted by atomic mass is 16.2. The van der Waals surface area contributed by atoms with Crippen molar-refractivity contribution in [2.75, 3.05) is 12.3 Å². The molecule has 2 atom stereocenters. The maximum atomic E-state index is 12.7. The molecule has 2 N–H and O–H groups in total. The molecule has 108 valence electrons. The Morgan fingerprint density at radius 3 is 2.65 bits per heavy atom. The van der Waals surface area contributed by atoms with Gasteiger partial charge in [-0.3, -0.25) is 4.79 Å². The van der Waals surface area contributed by atoms with Crippen LogP contribution in [-0.2, 0) is 11.3 Å². The van der Waals surface area contributed by atoms with Gasteiger partial charge in [0.2, 0.25) is 5.91 Å². The van der Waals surface area contributed by atoms with E-state index in [1.54, 1.807) is 0 Å². The highest BCUT2D eigenvalue weighted by Gasteiger charge is 2.57. The van der Waals surface area contributed by atoms with Crippen molar-refractivity contribution in [1.29, 1.82) is 0 Å². The third-order valence-electron chi connectivity index (χ3n) is 4.91. The van der Waals surface area contributed by atoms with Gasteiger partial charge in [-0.15, -0.1) is 0 Å². The Morgan fingerprint density at radius 2 is 2.00 bits per heavy atom. The summed E-state index contributed by atoms with van der Waals surface area (Å²) in [5.74, 6) is 2.06. The molecule has 2 aliphatic rings. The predicted molar refractivity (Wildman–Crippen MR) is 80.9 cm³/mol. The Labute approximate surface area is 121 Å². The van der Waals surface area contributed by atoms with Gasteiger partial charge in [0, 0.05) is 24.7 Å². The number of para-hydroxylation sites is 1. The molecule has 0 radical (unpaired) electrons. The second kappa shape index (κ2) is 5.47. The number of rotatable bonds is 5. The van der Waals surface area contributed by atoms with Gasteiger partial charge in [0.05, 0.1) is 0 Å². The molecule has 3 rings (SSSR count). The predicted octanol–water partition coefficient (Wildman–Crippen LogP) is 3.05. The molecule has 0 saturated heterocycles. The van der Waals surface area contributed by atoms with E-state index >= 15 is 0 Å². The summed E-state index contributed by atoms with van der Waals surface area (Å²) in [5.41, 5.74) is 7.87. The second-order valence-electron chi connectivity index (χ2n) is 6.24. The number of hydrogen-bond acceptors (Lipinski definition) is 2. The van der Waals surface area contributed by atoms with Crippen LogP contribution in [0.25, 0.3) is 0 Å². The highest BCUT2D eigenvalue weighted by Crippen LogP contribution is 2.58. The third kappa shape index (κ3) is 2.41. The number of carbonyl (C=O) groups is 1. The molecule has 3 nitrogen and oxygen atoms in total. The summed E-state index contributed by atoms with van der Waals surface area (Å²) in [5, 5.41) is 0. The van der Waals surface area contributed by atoms with Gasteiger partial charge in [-0.2, -0.15) is 0 Å². The summed E-state index contributed by atoms with van der Waals surface area (Å²) >= 11 is 0. The Morgan fingerprint density at radius 1 is 1.30 bits per heavy atom. The fraction of sp³-hybridized carbons (Fsp3) is 0.588. The molecular weight excluding hydrogens is 248 g/mol. The standard InChI is InChI=1S/C17H24N2O/c1-2-10-19(11-12-6-3-4-9-15(12)18)17(20)16-13-7-5-8-14(13)16/h3-4,6,9,13-14,16H,2,5,7-8,10-11,18H2,1H3. The smallest absolute Gasteiger partial charge is 0.226 e. The summed E-state index contributed by atoms with van der Waals surface area (Å²) < 4.78 is 0. The lowest BCUT2D eigenvalue weighted by Crippen LogP contribution is -2.33. The van der Waals surface area contributed by atoms with Crippen molar-refractivity contribution in [2.45, 2.75) is 39.2 Å². The lowest BCUT2D eigenvalue weighted by molar-refractivity contribution is -0.134. The molecular formula is C17H24N2O. The first kappa shape index (κ1) is 13.5. The van der Waals surface area contributed by atoms with Crippen molar-refractivity contribution in [3.8, 4) is 0 Å². The number of nitrogens with two attached hydrogens (primary N) is 1. The number of hydrogen-bond donors (Lipinski definition) is 1. The van der Waals surface area contributed by atoms with E-state index in [1.165, 1.54) is 19.3 Å². The van der Waals surface area contributed by atoms with Crippen LogP contribution in [0.2, 0.25) is 0 Å². The zero-order valence-electron chi connectivity index (χ0n) is 12.2. The molecule has 0 heterocycles. The maximum Gasteiger partial charge on any atom is 0.226 e. The van der Waals surface area contributed by atoms with Gasteiger partial charge in [0.25, 0.3) is 0 Å². The molecule has 1 amide bonds. The van der Waals surface area contributed by atoms with E-state index in [9.17, 15) is 4.79 Å². The van der Waals surface area contributed by atoms with E-state index in [1.807, 2.05) is 29.2 Å². The van der Waals surface area contributed by atoms with Crippen molar-refractivity contribution in [1.82, 2.24) is 4.90 Å². The van der Waals surface area contributed by atoms with Crippen LogP contribution in [0.4, 0.5) is 5.69 Å². The minimum atomic E-state index is 0.320. The molecule has 0 spiro atoms. The number of nitrogens with zero attached hydrogens (tertiary/aromatic N) is 1. The van der Waals surface area contributed by atoms with Gasteiger partial charge < -0.3 is 10.6 Å². The van der Waals surface area contributed by atoms with Gasteiger partial charge in [-0.05, 0) is 42.7 Å². The quantitative estimate of drug-likeness (QED) is 0.837. The lowest BCUT2D eigenvalue weighted by atomic mass is 10.1. The van der Waals surface area contributed by atoms with E-state index in [4.69, 9.17) is 5.73 Å². The zero-order chi connectivity index (χ0) is 14.1. The largest absolute Gasteiger partial charge is 0.398 e. The normalized spacial score (nSPS) is 27.1. The Bertz CT molecular complexity index is 490. The fourth-order valence-electron chi connectivity index (χ4n) is 3.82. The molecule has 1 aromatic rings. The van der Waals surface area contributed by atoms with Gasteiger partial charge >= 0.3 is 0 Å². The molecule has 0 aromatic heterocycles. The Hall–Kier alpha value is -1.51. The van der Waals surface area contributed by atoms with Crippen LogP contribution in [0.3, 0.4) is 0 Å². The van der Waals surface area contributed by atoms with Crippen molar-refractivity contribution < 1.29 is 4.79 Å². The van der Waals surface area contributed by atoms with E-state index in [2.05, 4.69) is 6.92 Å². The van der Waals surface area contributed by atoms with Gasteiger partial charge in [-0.25, -0.2) is 0 Å². The molecule has 0 aliphatic heterocycles. The highest BCUT2D eigenvalue weighted by molar-refractivity contribution is 5.82. The summed E-state index contributed by atoms with van der Waals surface area (Å²) in [4.78, 5) is 14.7. The third-order valence-corrected chi connectivity index (χ3v) is 4.91. The van der Waals surface area contributed by atoms with Gasteiger partial charge in [0.15, 0.2) is 0 Å². The number of amides is 1. The van der Waals surface area contributed by atoms with Crippen LogP contribution in [0.5, 0.6) is 0 Å². The van der Waals surface area contributed by atoms with Crippen molar-refractivity contribution in [2.24, 2.45) is 17.8 Å². The van der Waals surface area contributed by atoms with Gasteiger partial charge in [0.1, 0.15) is 0 Å². The monoisotopic (exact) mass is 272 g/mol. The lowest BCUT2D eigenvalue weighted by Gasteiger charge is -2.24. The summed E-state index contributed by atoms with van der Waals surface area (Å²) in [6.45, 7) is 3.63. The molecule has 3 heteroatoms. The molecule has 2 saturated carbocycles. The zero-order valence-corrected chi connectivity index (χ0v) is 12.2. The van der Waals surface area contributed by atoms with Crippen LogP contribution in [0.1, 0.15) is 38.2 Å². The van der Waals surface area contributed by atoms with Crippen molar-refractivity contribution >= 4 is 11.6 Å². The first-order valence-corrected chi connectivity index (χ1v) is 7.84. The van der Waals surface area contributed by atoms with Crippen LogP contribution in [0.15, 0.2) is 24.3 Å². The van der Waals surface area contributed by atoms with Crippen molar-refractivity contribution in [3.63, 3.8) is 0 Å². The second-order valence-corrected chi connectivity index (χ2v) is 6.24. The Balaban J connectivity index is 1.69. The number of nitrogen functional groups attached to an aromatic ring is 1. The molecule has 2 fully saturated rings. The first-order valence-electron chi connectivity index (χ1n) is 7.84. The number of benzene rings is 1. The number of fused-ring (bicyclic) bond motifs is 1. The summed E-state index contributed by atoms with van der Waals surface area (Å²) in [7, 11) is 0. The maximum absolute atomic E-state index is 12.7. The molecule has 20 heavy (non-hydrogen) atoms. The number of carbonyl (C=O) groups excluding carboxylic acids is 1. The van der Waals surface area contributed by atoms with Crippen molar-refractivity contribution in [3.05, 3.63) is 29.8 Å². The topological polar surface area (TPSA) is 46.3 Å². The van der Waals surface area contributed by atoms with E-state index < -0.39 is 0 Å². The average Bonchev–Trinajstić information content (AvgIpc) is 2.92. The first-order chi connectivity index (χ1) is 9.72. The van der Waals surface area contributed by atoms with Crippen LogP contribution in [0, 0.1) is 17.8 Å². The van der Waals surface area contributed by atoms with Crippen LogP contribution in [-0.4, -0.2) is 17.4 Å². The molecule has 0 bridgehead atoms. The summed E-state index contributed by atoms with van der Waals surface area (Å²) in [6.07, 6.45) is 4.84. The minimum absolute atomic E-state index is 0.320. The van der Waals surface area contributed by atoms with Gasteiger partial charge in [-0.1, -0.05) is 31.5 Å². The van der Waals surface area contributed by atoms with E-state index in [-0.39, 0.29) is 0 Å². The SMILES string of the molecule is CCCN(Cc1ccccc1N)C(=O)C1C2CCCC21. The summed E-state index contributed by atoms with van der Waals surface area (Å²) in [6, 6.07) is 7.87. The van der Waals surface area contributed by atoms with E-state index in [0.717, 1.165) is 24.2 Å². The number of anilines is 1. The Kier molecular flexibility index (Phi) is 3.68. The average molecular weight is 272 g/mol. The molecule has 2 unspecified atom stereocenters. The molecule has 2 aliphatic carbocycles. The van der Waals surface area contributed by atoms with Crippen LogP contribution >= 0.6 is 0 Å². The minimum Gasteiger partial charge on any atom is -0.398 e. The van der Waals surface area contributed by atoms with E-state index in [0.29, 0.717) is 30.2 Å². The fourth-order valence-corrected chi connectivity index (χ4v) is 3.82. The van der Waals surface area contributed by atoms with Crippen LogP contribution < -0.4 is 5.73 Å².